The Morgan fingerprint density at radius 3 is 2.43 bits per heavy atom. The van der Waals surface area contributed by atoms with Crippen LogP contribution in [0.3, 0.4) is 0 Å². The quantitative estimate of drug-likeness (QED) is 0.763. The Morgan fingerprint density at radius 1 is 1.25 bits per heavy atom. The molecule has 2 amide bonds. The molecule has 0 unspecified atom stereocenters. The first kappa shape index (κ1) is 21.9. The van der Waals surface area contributed by atoms with Gasteiger partial charge >= 0.3 is 12.1 Å². The summed E-state index contributed by atoms with van der Waals surface area (Å²) >= 11 is 5.75. The molecule has 2 rings (SSSR count). The highest BCUT2D eigenvalue weighted by atomic mass is 35.5. The lowest BCUT2D eigenvalue weighted by Gasteiger charge is -2.32. The van der Waals surface area contributed by atoms with E-state index >= 15 is 0 Å². The number of rotatable bonds is 4. The molecule has 0 aromatic carbocycles. The Kier molecular flexibility index (Phi) is 7.23. The zero-order valence-corrected chi connectivity index (χ0v) is 17.3. The maximum Gasteiger partial charge on any atom is 0.410 e. The molecule has 1 aliphatic heterocycles. The van der Waals surface area contributed by atoms with Crippen LogP contribution < -0.4 is 5.32 Å². The van der Waals surface area contributed by atoms with Crippen molar-refractivity contribution in [3.05, 3.63) is 23.4 Å². The van der Waals surface area contributed by atoms with Crippen molar-refractivity contribution in [2.75, 3.05) is 18.4 Å². The summed E-state index contributed by atoms with van der Waals surface area (Å²) in [6, 6.07) is 3.15. The van der Waals surface area contributed by atoms with Gasteiger partial charge in [-0.25, -0.2) is 9.78 Å². The minimum Gasteiger partial charge on any atom is -0.452 e. The molecule has 0 spiro atoms. The molecule has 8 nitrogen and oxygen atoms in total. The van der Waals surface area contributed by atoms with Gasteiger partial charge in [0, 0.05) is 19.3 Å². The van der Waals surface area contributed by atoms with Gasteiger partial charge in [-0.1, -0.05) is 11.6 Å². The van der Waals surface area contributed by atoms with Crippen LogP contribution in [0.5, 0.6) is 0 Å². The van der Waals surface area contributed by atoms with Crippen LogP contribution in [0.4, 0.5) is 10.6 Å². The van der Waals surface area contributed by atoms with Crippen molar-refractivity contribution in [1.29, 1.82) is 0 Å². The molecule has 0 bridgehead atoms. The maximum atomic E-state index is 12.3. The van der Waals surface area contributed by atoms with Gasteiger partial charge in [0.1, 0.15) is 11.4 Å². The van der Waals surface area contributed by atoms with E-state index in [2.05, 4.69) is 10.3 Å². The summed E-state index contributed by atoms with van der Waals surface area (Å²) < 4.78 is 10.6. The second-order valence-corrected chi connectivity index (χ2v) is 8.11. The Morgan fingerprint density at radius 2 is 1.89 bits per heavy atom. The Labute approximate surface area is 169 Å². The molecule has 0 saturated carbocycles. The number of anilines is 1. The predicted octanol–water partition coefficient (Wildman–Crippen LogP) is 3.25. The lowest BCUT2D eigenvalue weighted by Crippen LogP contribution is -2.43. The summed E-state index contributed by atoms with van der Waals surface area (Å²) in [6.07, 6.45) is 0.985. The minimum atomic E-state index is -0.964. The van der Waals surface area contributed by atoms with E-state index in [1.165, 1.54) is 13.1 Å². The molecule has 0 aliphatic carbocycles. The Balaban J connectivity index is 1.79. The largest absolute Gasteiger partial charge is 0.452 e. The van der Waals surface area contributed by atoms with Crippen LogP contribution >= 0.6 is 11.6 Å². The number of carbonyl (C=O) groups is 3. The number of likely N-dealkylation sites (tertiary alicyclic amines) is 1. The molecule has 28 heavy (non-hydrogen) atoms. The number of hydrogen-bond donors (Lipinski definition) is 1. The van der Waals surface area contributed by atoms with Crippen LogP contribution in [-0.4, -0.2) is 52.6 Å². The number of ether oxygens (including phenoxy) is 2. The van der Waals surface area contributed by atoms with Gasteiger partial charge in [0.2, 0.25) is 0 Å². The van der Waals surface area contributed by atoms with E-state index in [9.17, 15) is 14.4 Å². The first-order chi connectivity index (χ1) is 13.0. The van der Waals surface area contributed by atoms with E-state index < -0.39 is 23.6 Å². The smallest absolute Gasteiger partial charge is 0.410 e. The van der Waals surface area contributed by atoms with E-state index in [0.717, 1.165) is 0 Å². The number of piperidine rings is 1. The molecule has 1 aliphatic rings. The van der Waals surface area contributed by atoms with Crippen LogP contribution in [0, 0.1) is 5.92 Å². The van der Waals surface area contributed by atoms with Crippen molar-refractivity contribution >= 4 is 35.4 Å². The van der Waals surface area contributed by atoms with Gasteiger partial charge in [0.15, 0.2) is 6.10 Å². The number of amides is 2. The van der Waals surface area contributed by atoms with Gasteiger partial charge < -0.3 is 19.7 Å². The van der Waals surface area contributed by atoms with Gasteiger partial charge in [-0.3, -0.25) is 9.59 Å². The summed E-state index contributed by atoms with van der Waals surface area (Å²) in [5.41, 5.74) is -0.561. The molecular formula is C19H26ClN3O5. The standard InChI is InChI=1S/C19H26ClN3O5/c1-12(16(24)22-15-6-5-14(20)11-21-15)27-17(25)13-7-9-23(10-8-13)18(26)28-19(2,3)4/h5-6,11-13H,7-10H2,1-4H3,(H,21,22,24)/t12-/m0/s1. The van der Waals surface area contributed by atoms with Crippen molar-refractivity contribution in [3.8, 4) is 0 Å². The van der Waals surface area contributed by atoms with Crippen molar-refractivity contribution in [2.45, 2.75) is 52.2 Å². The van der Waals surface area contributed by atoms with Crippen molar-refractivity contribution in [1.82, 2.24) is 9.88 Å². The first-order valence-electron chi connectivity index (χ1n) is 9.16. The van der Waals surface area contributed by atoms with Gasteiger partial charge in [-0.15, -0.1) is 0 Å². The molecule has 2 heterocycles. The lowest BCUT2D eigenvalue weighted by atomic mass is 9.97. The summed E-state index contributed by atoms with van der Waals surface area (Å²) in [7, 11) is 0. The summed E-state index contributed by atoms with van der Waals surface area (Å²) in [6.45, 7) is 7.73. The highest BCUT2D eigenvalue weighted by Gasteiger charge is 2.32. The monoisotopic (exact) mass is 411 g/mol. The SMILES string of the molecule is C[C@H](OC(=O)C1CCN(C(=O)OC(C)(C)C)CC1)C(=O)Nc1ccc(Cl)cn1. The molecular weight excluding hydrogens is 386 g/mol. The summed E-state index contributed by atoms with van der Waals surface area (Å²) in [4.78, 5) is 42.1. The summed E-state index contributed by atoms with van der Waals surface area (Å²) in [5, 5.41) is 3.02. The fraction of sp³-hybridized carbons (Fsp3) is 0.579. The zero-order valence-electron chi connectivity index (χ0n) is 16.5. The van der Waals surface area contributed by atoms with Gasteiger partial charge in [0.05, 0.1) is 10.9 Å². The number of nitrogens with one attached hydrogen (secondary N) is 1. The molecule has 1 N–H and O–H groups in total. The number of pyridine rings is 1. The van der Waals surface area contributed by atoms with Crippen LogP contribution in [-0.2, 0) is 19.1 Å². The number of carbonyl (C=O) groups excluding carboxylic acids is 3. The van der Waals surface area contributed by atoms with Crippen LogP contribution in [0.15, 0.2) is 18.3 Å². The van der Waals surface area contributed by atoms with E-state index in [1.54, 1.807) is 37.8 Å². The average molecular weight is 412 g/mol. The van der Waals surface area contributed by atoms with E-state index in [-0.39, 0.29) is 12.0 Å². The molecule has 9 heteroatoms. The molecule has 1 atom stereocenters. The normalized spacial score (nSPS) is 16.2. The predicted molar refractivity (Wildman–Crippen MR) is 104 cm³/mol. The fourth-order valence-electron chi connectivity index (χ4n) is 2.63. The number of hydrogen-bond acceptors (Lipinski definition) is 6. The molecule has 1 aromatic rings. The Hall–Kier alpha value is -2.35. The number of nitrogens with zero attached hydrogens (tertiary/aromatic N) is 2. The lowest BCUT2D eigenvalue weighted by molar-refractivity contribution is -0.158. The van der Waals surface area contributed by atoms with E-state index in [1.807, 2.05) is 0 Å². The average Bonchev–Trinajstić information content (AvgIpc) is 2.62. The maximum absolute atomic E-state index is 12.3. The second-order valence-electron chi connectivity index (χ2n) is 7.67. The minimum absolute atomic E-state index is 0.322. The third-order valence-electron chi connectivity index (χ3n) is 4.12. The van der Waals surface area contributed by atoms with Crippen molar-refractivity contribution in [2.24, 2.45) is 5.92 Å². The third kappa shape index (κ3) is 6.67. The van der Waals surface area contributed by atoms with E-state index in [4.69, 9.17) is 21.1 Å². The number of halogens is 1. The van der Waals surface area contributed by atoms with Crippen LogP contribution in [0.25, 0.3) is 0 Å². The van der Waals surface area contributed by atoms with Crippen molar-refractivity contribution < 1.29 is 23.9 Å². The third-order valence-corrected chi connectivity index (χ3v) is 4.34. The topological polar surface area (TPSA) is 97.8 Å². The molecule has 1 aromatic heterocycles. The number of aromatic nitrogens is 1. The molecule has 154 valence electrons. The molecule has 0 radical (unpaired) electrons. The molecule has 1 saturated heterocycles. The fourth-order valence-corrected chi connectivity index (χ4v) is 2.74. The number of esters is 1. The summed E-state index contributed by atoms with van der Waals surface area (Å²) in [5.74, 6) is -0.963. The van der Waals surface area contributed by atoms with Crippen LogP contribution in [0.1, 0.15) is 40.5 Å². The Bertz CT molecular complexity index is 709. The van der Waals surface area contributed by atoms with Gasteiger partial charge in [-0.05, 0) is 52.7 Å². The highest BCUT2D eigenvalue weighted by Crippen LogP contribution is 2.21. The second kappa shape index (κ2) is 9.23. The van der Waals surface area contributed by atoms with E-state index in [0.29, 0.717) is 36.8 Å². The zero-order chi connectivity index (χ0) is 20.9. The molecule has 1 fully saturated rings. The van der Waals surface area contributed by atoms with Crippen LogP contribution in [0.2, 0.25) is 5.02 Å². The van der Waals surface area contributed by atoms with Gasteiger partial charge in [0.25, 0.3) is 5.91 Å². The first-order valence-corrected chi connectivity index (χ1v) is 9.54. The highest BCUT2D eigenvalue weighted by molar-refractivity contribution is 6.30. The van der Waals surface area contributed by atoms with Gasteiger partial charge in [-0.2, -0.15) is 0 Å². The van der Waals surface area contributed by atoms with Crippen molar-refractivity contribution in [3.63, 3.8) is 0 Å².